The number of benzene rings is 2. The van der Waals surface area contributed by atoms with Crippen LogP contribution < -0.4 is 0 Å². The summed E-state index contributed by atoms with van der Waals surface area (Å²) in [7, 11) is 0. The minimum absolute atomic E-state index is 0.111. The zero-order valence-electron chi connectivity index (χ0n) is 15.6. The molecule has 138 valence electrons. The molecule has 1 aliphatic rings. The highest BCUT2D eigenvalue weighted by Crippen LogP contribution is 2.37. The molecule has 0 saturated carbocycles. The molecule has 4 nitrogen and oxygen atoms in total. The van der Waals surface area contributed by atoms with Gasteiger partial charge in [-0.05, 0) is 48.4 Å². The van der Waals surface area contributed by atoms with Gasteiger partial charge in [-0.25, -0.2) is 0 Å². The van der Waals surface area contributed by atoms with E-state index >= 15 is 0 Å². The van der Waals surface area contributed by atoms with Crippen molar-refractivity contribution in [3.05, 3.63) is 113 Å². The summed E-state index contributed by atoms with van der Waals surface area (Å²) < 4.78 is 7.64. The third kappa shape index (κ3) is 2.65. The fraction of sp³-hybridized carbons (Fsp3) is 0.125. The topological polar surface area (TPSA) is 38.4 Å². The van der Waals surface area contributed by atoms with Crippen LogP contribution in [0.5, 0.6) is 0 Å². The number of amides is 1. The lowest BCUT2D eigenvalue weighted by molar-refractivity contribution is 0.0658. The number of aryl methyl sites for hydroxylation is 1. The van der Waals surface area contributed by atoms with Gasteiger partial charge in [-0.2, -0.15) is 0 Å². The van der Waals surface area contributed by atoms with Gasteiger partial charge < -0.3 is 13.9 Å². The molecule has 1 atom stereocenters. The van der Waals surface area contributed by atoms with Crippen LogP contribution in [0.4, 0.5) is 0 Å². The number of aromatic nitrogens is 1. The van der Waals surface area contributed by atoms with Gasteiger partial charge in [0.1, 0.15) is 0 Å². The van der Waals surface area contributed by atoms with Gasteiger partial charge in [-0.3, -0.25) is 4.79 Å². The molecule has 0 spiro atoms. The monoisotopic (exact) mass is 368 g/mol. The van der Waals surface area contributed by atoms with Crippen molar-refractivity contribution in [2.24, 2.45) is 0 Å². The quantitative estimate of drug-likeness (QED) is 0.492. The molecule has 0 radical (unpaired) electrons. The number of fused-ring (bicyclic) bond motifs is 3. The summed E-state index contributed by atoms with van der Waals surface area (Å²) in [5.74, 6) is 0.245. The highest BCUT2D eigenvalue weighted by atomic mass is 16.3. The molecule has 28 heavy (non-hydrogen) atoms. The van der Waals surface area contributed by atoms with Crippen LogP contribution in [0.3, 0.4) is 0 Å². The lowest BCUT2D eigenvalue weighted by atomic mass is 10.00. The minimum Gasteiger partial charge on any atom is -0.459 e. The van der Waals surface area contributed by atoms with E-state index in [0.717, 1.165) is 22.5 Å². The normalized spacial score (nSPS) is 15.6. The molecular weight excluding hydrogens is 348 g/mol. The average Bonchev–Trinajstić information content (AvgIpc) is 3.39. The Balaban J connectivity index is 1.73. The fourth-order valence-electron chi connectivity index (χ4n) is 3.98. The summed E-state index contributed by atoms with van der Waals surface area (Å²) in [6, 6.07) is 24.0. The van der Waals surface area contributed by atoms with Gasteiger partial charge in [-0.15, -0.1) is 0 Å². The molecule has 0 fully saturated rings. The molecule has 0 aliphatic carbocycles. The van der Waals surface area contributed by atoms with Crippen LogP contribution in [-0.4, -0.2) is 15.4 Å². The Kier molecular flexibility index (Phi) is 3.90. The lowest BCUT2D eigenvalue weighted by Gasteiger charge is -2.30. The number of nitrogens with zero attached hydrogens (tertiary/aromatic N) is 2. The molecule has 2 aromatic carbocycles. The van der Waals surface area contributed by atoms with Gasteiger partial charge in [0.05, 0.1) is 18.0 Å². The zero-order valence-corrected chi connectivity index (χ0v) is 15.6. The maximum Gasteiger partial charge on any atom is 0.290 e. The standard InChI is InChI=1S/C24H20N2O2/c1-17-10-12-18(13-11-17)23-21-8-4-14-25(21)20-7-3-2-6-19(20)16-26(23)24(27)22-9-5-15-28-22/h2-15,23H,16H2,1H3/t23-/m1/s1. The van der Waals surface area contributed by atoms with Crippen molar-refractivity contribution in [1.29, 1.82) is 0 Å². The Labute approximate surface area is 163 Å². The largest absolute Gasteiger partial charge is 0.459 e. The number of carbonyl (C=O) groups is 1. The first-order valence-corrected chi connectivity index (χ1v) is 9.39. The summed E-state index contributed by atoms with van der Waals surface area (Å²) >= 11 is 0. The molecule has 5 rings (SSSR count). The van der Waals surface area contributed by atoms with Gasteiger partial charge in [0.15, 0.2) is 5.76 Å². The smallest absolute Gasteiger partial charge is 0.290 e. The molecule has 1 amide bonds. The summed E-state index contributed by atoms with van der Waals surface area (Å²) in [5.41, 5.74) is 5.55. The first kappa shape index (κ1) is 16.6. The Bertz CT molecular complexity index is 1120. The Morgan fingerprint density at radius 3 is 2.57 bits per heavy atom. The maximum absolute atomic E-state index is 13.4. The first-order valence-electron chi connectivity index (χ1n) is 9.39. The minimum atomic E-state index is -0.208. The van der Waals surface area contributed by atoms with Crippen LogP contribution in [0.25, 0.3) is 5.69 Å². The zero-order chi connectivity index (χ0) is 19.1. The second-order valence-electron chi connectivity index (χ2n) is 7.16. The number of carbonyl (C=O) groups excluding carboxylic acids is 1. The number of rotatable bonds is 2. The van der Waals surface area contributed by atoms with E-state index in [-0.39, 0.29) is 11.9 Å². The fourth-order valence-corrected chi connectivity index (χ4v) is 3.98. The molecule has 3 heterocycles. The van der Waals surface area contributed by atoms with Gasteiger partial charge >= 0.3 is 0 Å². The summed E-state index contributed by atoms with van der Waals surface area (Å²) in [6.07, 6.45) is 3.61. The highest BCUT2D eigenvalue weighted by Gasteiger charge is 2.34. The van der Waals surface area contributed by atoms with E-state index in [4.69, 9.17) is 4.42 Å². The number of furan rings is 1. The van der Waals surface area contributed by atoms with Crippen LogP contribution in [-0.2, 0) is 6.54 Å². The van der Waals surface area contributed by atoms with Crippen molar-refractivity contribution in [2.75, 3.05) is 0 Å². The van der Waals surface area contributed by atoms with Crippen LogP contribution in [0.1, 0.15) is 39.0 Å². The maximum atomic E-state index is 13.4. The third-order valence-electron chi connectivity index (χ3n) is 5.35. The second kappa shape index (κ2) is 6.57. The van der Waals surface area contributed by atoms with Crippen LogP contribution >= 0.6 is 0 Å². The highest BCUT2D eigenvalue weighted by molar-refractivity contribution is 5.92. The molecular formula is C24H20N2O2. The second-order valence-corrected chi connectivity index (χ2v) is 7.16. The molecule has 0 N–H and O–H groups in total. The van der Waals surface area contributed by atoms with Crippen molar-refractivity contribution in [2.45, 2.75) is 19.5 Å². The number of hydrogen-bond acceptors (Lipinski definition) is 2. The molecule has 4 heteroatoms. The third-order valence-corrected chi connectivity index (χ3v) is 5.35. The van der Waals surface area contributed by atoms with Gasteiger partial charge in [0.25, 0.3) is 5.91 Å². The Morgan fingerprint density at radius 2 is 1.79 bits per heavy atom. The van der Waals surface area contributed by atoms with Crippen LogP contribution in [0.2, 0.25) is 0 Å². The predicted octanol–water partition coefficient (Wildman–Crippen LogP) is 5.12. The Morgan fingerprint density at radius 1 is 0.964 bits per heavy atom. The van der Waals surface area contributed by atoms with Crippen molar-refractivity contribution in [3.63, 3.8) is 0 Å². The molecule has 4 aromatic rings. The van der Waals surface area contributed by atoms with E-state index in [1.807, 2.05) is 23.1 Å². The van der Waals surface area contributed by atoms with E-state index in [0.29, 0.717) is 12.3 Å². The number of hydrogen-bond donors (Lipinski definition) is 0. The SMILES string of the molecule is Cc1ccc([C@@H]2c3cccn3-c3ccccc3CN2C(=O)c2ccco2)cc1. The van der Waals surface area contributed by atoms with Gasteiger partial charge in [0.2, 0.25) is 0 Å². The predicted molar refractivity (Wildman–Crippen MR) is 107 cm³/mol. The van der Waals surface area contributed by atoms with Crippen molar-refractivity contribution >= 4 is 5.91 Å². The lowest BCUT2D eigenvalue weighted by Crippen LogP contribution is -2.34. The van der Waals surface area contributed by atoms with Crippen molar-refractivity contribution < 1.29 is 9.21 Å². The van der Waals surface area contributed by atoms with Crippen LogP contribution in [0.15, 0.2) is 89.7 Å². The molecule has 0 saturated heterocycles. The molecule has 0 bridgehead atoms. The van der Waals surface area contributed by atoms with E-state index in [2.05, 4.69) is 60.2 Å². The van der Waals surface area contributed by atoms with E-state index < -0.39 is 0 Å². The van der Waals surface area contributed by atoms with Gasteiger partial charge in [0, 0.05) is 18.4 Å². The Hall–Kier alpha value is -3.53. The molecule has 1 aliphatic heterocycles. The first-order chi connectivity index (χ1) is 13.7. The van der Waals surface area contributed by atoms with Crippen molar-refractivity contribution in [1.82, 2.24) is 9.47 Å². The van der Waals surface area contributed by atoms with Crippen LogP contribution in [0, 0.1) is 6.92 Å². The summed E-state index contributed by atoms with van der Waals surface area (Å²) in [5, 5.41) is 0. The summed E-state index contributed by atoms with van der Waals surface area (Å²) in [4.78, 5) is 15.3. The van der Waals surface area contributed by atoms with E-state index in [1.54, 1.807) is 18.4 Å². The van der Waals surface area contributed by atoms with E-state index in [9.17, 15) is 4.79 Å². The van der Waals surface area contributed by atoms with Gasteiger partial charge in [-0.1, -0.05) is 48.0 Å². The van der Waals surface area contributed by atoms with E-state index in [1.165, 1.54) is 5.56 Å². The molecule has 2 aromatic heterocycles. The number of para-hydroxylation sites is 1. The summed E-state index contributed by atoms with van der Waals surface area (Å²) in [6.45, 7) is 2.58. The molecule has 0 unspecified atom stereocenters. The van der Waals surface area contributed by atoms with Crippen molar-refractivity contribution in [3.8, 4) is 5.69 Å². The average molecular weight is 368 g/mol.